The van der Waals surface area contributed by atoms with Crippen molar-refractivity contribution in [2.24, 2.45) is 11.8 Å². The van der Waals surface area contributed by atoms with Gasteiger partial charge in [0.15, 0.2) is 0 Å². The summed E-state index contributed by atoms with van der Waals surface area (Å²) < 4.78 is 11.7. The summed E-state index contributed by atoms with van der Waals surface area (Å²) in [6.45, 7) is 6.04. The van der Waals surface area contributed by atoms with Crippen LogP contribution in [0.5, 0.6) is 5.75 Å². The van der Waals surface area contributed by atoms with E-state index in [0.717, 1.165) is 41.7 Å². The number of carbonyl (C=O) groups is 1. The zero-order valence-corrected chi connectivity index (χ0v) is 18.4. The Hall–Kier alpha value is -2.70. The third-order valence-electron chi connectivity index (χ3n) is 6.75. The van der Waals surface area contributed by atoms with E-state index < -0.39 is 0 Å². The van der Waals surface area contributed by atoms with Gasteiger partial charge in [-0.25, -0.2) is 4.79 Å². The highest BCUT2D eigenvalue weighted by atomic mass is 32.1. The van der Waals surface area contributed by atoms with Crippen LogP contribution in [0.2, 0.25) is 0 Å². The average molecular weight is 435 g/mol. The summed E-state index contributed by atoms with van der Waals surface area (Å²) in [6, 6.07) is 11.7. The first-order chi connectivity index (χ1) is 15.2. The normalized spacial score (nSPS) is 25.8. The number of rotatable bonds is 6. The van der Waals surface area contributed by atoms with Gasteiger partial charge in [-0.05, 0) is 66.9 Å². The molecule has 160 valence electrons. The summed E-state index contributed by atoms with van der Waals surface area (Å²) in [5.41, 5.74) is 1.86. The fourth-order valence-corrected chi connectivity index (χ4v) is 5.74. The largest absolute Gasteiger partial charge is 0.497 e. The predicted molar refractivity (Wildman–Crippen MR) is 123 cm³/mol. The van der Waals surface area contributed by atoms with Gasteiger partial charge < -0.3 is 9.47 Å². The molecule has 5 atom stereocenters. The molecule has 1 aromatic carbocycles. The molecule has 0 N–H and O–H groups in total. The van der Waals surface area contributed by atoms with Crippen molar-refractivity contribution in [3.05, 3.63) is 71.1 Å². The number of nitrogens with zero attached hydrogens (tertiary/aromatic N) is 2. The van der Waals surface area contributed by atoms with Crippen LogP contribution in [0.15, 0.2) is 60.6 Å². The Morgan fingerprint density at radius 3 is 2.97 bits per heavy atom. The van der Waals surface area contributed by atoms with Crippen molar-refractivity contribution in [3.63, 3.8) is 0 Å². The van der Waals surface area contributed by atoms with E-state index in [0.29, 0.717) is 16.7 Å². The molecule has 2 aromatic heterocycles. The summed E-state index contributed by atoms with van der Waals surface area (Å²) in [7, 11) is 1.66. The summed E-state index contributed by atoms with van der Waals surface area (Å²) in [5, 5.41) is 2.87. The molecule has 0 aliphatic carbocycles. The van der Waals surface area contributed by atoms with Crippen molar-refractivity contribution in [2.75, 3.05) is 20.2 Å². The zero-order valence-electron chi connectivity index (χ0n) is 17.6. The predicted octanol–water partition coefficient (Wildman–Crippen LogP) is 5.10. The number of aromatic nitrogens is 1. The maximum absolute atomic E-state index is 13.0. The highest BCUT2D eigenvalue weighted by Gasteiger charge is 2.44. The van der Waals surface area contributed by atoms with Gasteiger partial charge >= 0.3 is 5.97 Å². The van der Waals surface area contributed by atoms with Crippen molar-refractivity contribution < 1.29 is 14.3 Å². The standard InChI is InChI=1S/C25H26N2O3S/c1-3-16-15-27-11-9-17(16)13-22(27)24(30-25(28)23-5-4-12-31-23)19-8-10-26-21-7-6-18(29-2)14-20(19)21/h3-8,10,12,14,16-17,22,24H,1,9,11,13,15H2,2H3/t16-,17-,22-,24+/m0/s1. The van der Waals surface area contributed by atoms with Crippen LogP contribution in [0.3, 0.4) is 0 Å². The van der Waals surface area contributed by atoms with Gasteiger partial charge in [0.1, 0.15) is 16.7 Å². The molecular formula is C25H26N2O3S. The van der Waals surface area contributed by atoms with Crippen LogP contribution in [0.4, 0.5) is 0 Å². The minimum atomic E-state index is -0.374. The van der Waals surface area contributed by atoms with Gasteiger partial charge in [-0.1, -0.05) is 12.1 Å². The van der Waals surface area contributed by atoms with Gasteiger partial charge in [0, 0.05) is 23.7 Å². The SMILES string of the molecule is C=C[C@H]1CN2CC[C@H]1C[C@H]2[C@H](OC(=O)c1cccs1)c1ccnc2ccc(OC)cc12. The molecule has 6 rings (SSSR count). The van der Waals surface area contributed by atoms with Crippen LogP contribution in [-0.2, 0) is 4.74 Å². The lowest BCUT2D eigenvalue weighted by atomic mass is 9.73. The van der Waals surface area contributed by atoms with E-state index in [-0.39, 0.29) is 18.1 Å². The molecule has 0 spiro atoms. The molecule has 3 aromatic rings. The summed E-state index contributed by atoms with van der Waals surface area (Å²) in [5.74, 6) is 1.59. The first-order valence-corrected chi connectivity index (χ1v) is 11.6. The number of carbonyl (C=O) groups excluding carboxylic acids is 1. The Balaban J connectivity index is 1.57. The minimum Gasteiger partial charge on any atom is -0.497 e. The molecule has 31 heavy (non-hydrogen) atoms. The molecule has 3 aliphatic rings. The average Bonchev–Trinajstić information content (AvgIpc) is 3.37. The van der Waals surface area contributed by atoms with Crippen molar-refractivity contribution in [2.45, 2.75) is 25.0 Å². The van der Waals surface area contributed by atoms with Crippen LogP contribution in [0.1, 0.15) is 34.2 Å². The monoisotopic (exact) mass is 434 g/mol. The lowest BCUT2D eigenvalue weighted by Gasteiger charge is -2.51. The van der Waals surface area contributed by atoms with Gasteiger partial charge in [-0.15, -0.1) is 17.9 Å². The van der Waals surface area contributed by atoms with Gasteiger partial charge in [0.2, 0.25) is 0 Å². The number of fused-ring (bicyclic) bond motifs is 4. The van der Waals surface area contributed by atoms with Crippen LogP contribution < -0.4 is 4.74 Å². The fraction of sp³-hybridized carbons (Fsp3) is 0.360. The Morgan fingerprint density at radius 2 is 2.26 bits per heavy atom. The van der Waals surface area contributed by atoms with Crippen molar-refractivity contribution in [1.82, 2.24) is 9.88 Å². The van der Waals surface area contributed by atoms with Crippen LogP contribution in [0, 0.1) is 11.8 Å². The van der Waals surface area contributed by atoms with E-state index in [1.807, 2.05) is 41.8 Å². The smallest absolute Gasteiger partial charge is 0.348 e. The second-order valence-electron chi connectivity index (χ2n) is 8.33. The molecule has 2 bridgehead atoms. The number of ether oxygens (including phenoxy) is 2. The molecule has 6 heteroatoms. The molecule has 3 saturated heterocycles. The Bertz CT molecular complexity index is 1100. The quantitative estimate of drug-likeness (QED) is 0.399. The summed E-state index contributed by atoms with van der Waals surface area (Å²) in [4.78, 5) is 20.7. The van der Waals surface area contributed by atoms with Crippen molar-refractivity contribution in [1.29, 1.82) is 0 Å². The molecule has 0 amide bonds. The van der Waals surface area contributed by atoms with E-state index in [4.69, 9.17) is 9.47 Å². The molecule has 0 radical (unpaired) electrons. The Labute approximate surface area is 186 Å². The third kappa shape index (κ3) is 3.75. The van der Waals surface area contributed by atoms with Gasteiger partial charge in [0.25, 0.3) is 0 Å². The van der Waals surface area contributed by atoms with Crippen molar-refractivity contribution >= 4 is 28.2 Å². The van der Waals surface area contributed by atoms with E-state index in [2.05, 4.69) is 22.5 Å². The third-order valence-corrected chi connectivity index (χ3v) is 7.60. The Morgan fingerprint density at radius 1 is 1.35 bits per heavy atom. The first kappa shape index (κ1) is 20.2. The van der Waals surface area contributed by atoms with Gasteiger partial charge in [-0.2, -0.15) is 0 Å². The van der Waals surface area contributed by atoms with Crippen LogP contribution >= 0.6 is 11.3 Å². The lowest BCUT2D eigenvalue weighted by molar-refractivity contribution is -0.0566. The second kappa shape index (κ2) is 8.44. The molecule has 3 fully saturated rings. The molecule has 1 unspecified atom stereocenters. The van der Waals surface area contributed by atoms with Gasteiger partial charge in [0.05, 0.1) is 18.7 Å². The van der Waals surface area contributed by atoms with E-state index in [9.17, 15) is 4.79 Å². The number of pyridine rings is 1. The van der Waals surface area contributed by atoms with Crippen LogP contribution in [-0.4, -0.2) is 42.1 Å². The summed E-state index contributed by atoms with van der Waals surface area (Å²) in [6.07, 6.45) is 5.68. The Kier molecular flexibility index (Phi) is 5.50. The maximum atomic E-state index is 13.0. The fourth-order valence-electron chi connectivity index (χ4n) is 5.13. The molecular weight excluding hydrogens is 408 g/mol. The number of hydrogen-bond donors (Lipinski definition) is 0. The van der Waals surface area contributed by atoms with E-state index in [1.165, 1.54) is 17.8 Å². The van der Waals surface area contributed by atoms with E-state index in [1.54, 1.807) is 13.3 Å². The number of esters is 1. The number of methoxy groups -OCH3 is 1. The molecule has 5 nitrogen and oxygen atoms in total. The summed E-state index contributed by atoms with van der Waals surface area (Å²) >= 11 is 1.41. The highest BCUT2D eigenvalue weighted by molar-refractivity contribution is 7.11. The lowest BCUT2D eigenvalue weighted by Crippen LogP contribution is -2.55. The molecule has 5 heterocycles. The topological polar surface area (TPSA) is 51.7 Å². The zero-order chi connectivity index (χ0) is 21.4. The minimum absolute atomic E-state index is 0.135. The van der Waals surface area contributed by atoms with Crippen molar-refractivity contribution in [3.8, 4) is 5.75 Å². The van der Waals surface area contributed by atoms with Gasteiger partial charge in [-0.3, -0.25) is 9.88 Å². The number of thiophene rings is 1. The maximum Gasteiger partial charge on any atom is 0.348 e. The van der Waals surface area contributed by atoms with Crippen LogP contribution in [0.25, 0.3) is 10.9 Å². The molecule has 0 saturated carbocycles. The number of benzene rings is 1. The number of hydrogen-bond acceptors (Lipinski definition) is 6. The highest BCUT2D eigenvalue weighted by Crippen LogP contribution is 2.44. The molecule has 3 aliphatic heterocycles. The second-order valence-corrected chi connectivity index (χ2v) is 9.28. The number of piperidine rings is 3. The first-order valence-electron chi connectivity index (χ1n) is 10.7. The van der Waals surface area contributed by atoms with E-state index >= 15 is 0 Å².